The van der Waals surface area contributed by atoms with Crippen LogP contribution in [-0.4, -0.2) is 39.8 Å². The third-order valence-corrected chi connectivity index (χ3v) is 5.64. The Balaban J connectivity index is 1.24. The maximum Gasteiger partial charge on any atom is 0.0802 e. The van der Waals surface area contributed by atoms with E-state index in [-0.39, 0.29) is 0 Å². The number of piperidine rings is 1. The fourth-order valence-electron chi connectivity index (χ4n) is 4.00. The predicted molar refractivity (Wildman–Crippen MR) is 105 cm³/mol. The molecule has 1 atom stereocenters. The van der Waals surface area contributed by atoms with E-state index in [2.05, 4.69) is 45.4 Å². The van der Waals surface area contributed by atoms with Gasteiger partial charge in [0.05, 0.1) is 17.8 Å². The summed E-state index contributed by atoms with van der Waals surface area (Å²) < 4.78 is 0. The summed E-state index contributed by atoms with van der Waals surface area (Å²) in [6.07, 6.45) is 5.90. The summed E-state index contributed by atoms with van der Waals surface area (Å²) >= 11 is 0. The highest BCUT2D eigenvalue weighted by molar-refractivity contribution is 5.78. The third-order valence-electron chi connectivity index (χ3n) is 5.64. The van der Waals surface area contributed by atoms with Crippen molar-refractivity contribution in [3.63, 3.8) is 0 Å². The summed E-state index contributed by atoms with van der Waals surface area (Å²) in [5, 5.41) is 18.6. The number of aromatic amines is 1. The number of hydrogen-bond donors (Lipinski definition) is 2. The molecular weight excluding hydrogens is 322 g/mol. The summed E-state index contributed by atoms with van der Waals surface area (Å²) in [5.41, 5.74) is 3.45. The van der Waals surface area contributed by atoms with Gasteiger partial charge in [-0.15, -0.1) is 0 Å². The number of nitrogens with one attached hydrogen (secondary N) is 1. The molecule has 0 saturated carbocycles. The van der Waals surface area contributed by atoms with Gasteiger partial charge in [0.25, 0.3) is 0 Å². The molecule has 0 radical (unpaired) electrons. The number of nitrogens with zero attached hydrogens (tertiary/aromatic N) is 2. The number of aliphatic hydroxyl groups is 1. The number of aliphatic hydroxyl groups excluding tert-OH is 1. The molecule has 0 amide bonds. The topological polar surface area (TPSA) is 52.1 Å². The molecule has 136 valence electrons. The van der Waals surface area contributed by atoms with Crippen LogP contribution < -0.4 is 0 Å². The lowest BCUT2D eigenvalue weighted by Gasteiger charge is -2.32. The molecule has 4 rings (SSSR count). The van der Waals surface area contributed by atoms with E-state index >= 15 is 0 Å². The minimum atomic E-state index is -0.406. The summed E-state index contributed by atoms with van der Waals surface area (Å²) in [4.78, 5) is 2.50. The number of likely N-dealkylation sites (tertiary alicyclic amines) is 1. The fourth-order valence-corrected chi connectivity index (χ4v) is 4.00. The lowest BCUT2D eigenvalue weighted by atomic mass is 9.90. The first-order valence-corrected chi connectivity index (χ1v) is 9.65. The molecule has 2 heterocycles. The van der Waals surface area contributed by atoms with E-state index < -0.39 is 6.10 Å². The van der Waals surface area contributed by atoms with E-state index in [1.807, 2.05) is 24.4 Å². The Morgan fingerprint density at radius 1 is 1.12 bits per heavy atom. The molecule has 0 bridgehead atoms. The van der Waals surface area contributed by atoms with Crippen LogP contribution in [0.2, 0.25) is 0 Å². The Morgan fingerprint density at radius 3 is 2.73 bits per heavy atom. The molecule has 1 unspecified atom stereocenters. The molecule has 26 heavy (non-hydrogen) atoms. The molecule has 1 aliphatic heterocycles. The number of aromatic nitrogens is 2. The van der Waals surface area contributed by atoms with Crippen LogP contribution in [0.4, 0.5) is 0 Å². The molecule has 1 aromatic heterocycles. The Bertz CT molecular complexity index is 822. The van der Waals surface area contributed by atoms with Crippen molar-refractivity contribution in [1.29, 1.82) is 0 Å². The minimum Gasteiger partial charge on any atom is -0.388 e. The van der Waals surface area contributed by atoms with Crippen LogP contribution in [0.25, 0.3) is 10.9 Å². The lowest BCUT2D eigenvalue weighted by molar-refractivity contribution is 0.123. The maximum atomic E-state index is 10.5. The van der Waals surface area contributed by atoms with Gasteiger partial charge in [0, 0.05) is 11.9 Å². The maximum absolute atomic E-state index is 10.5. The summed E-state index contributed by atoms with van der Waals surface area (Å²) in [6, 6.07) is 16.9. The average Bonchev–Trinajstić information content (AvgIpc) is 3.16. The third kappa shape index (κ3) is 4.14. The smallest absolute Gasteiger partial charge is 0.0802 e. The molecule has 4 nitrogen and oxygen atoms in total. The zero-order chi connectivity index (χ0) is 17.8. The van der Waals surface area contributed by atoms with Crippen molar-refractivity contribution >= 4 is 10.9 Å². The minimum absolute atomic E-state index is 0.406. The molecule has 3 aromatic rings. The molecule has 1 aliphatic rings. The van der Waals surface area contributed by atoms with E-state index in [0.29, 0.717) is 0 Å². The number of hydrogen-bond acceptors (Lipinski definition) is 3. The van der Waals surface area contributed by atoms with Gasteiger partial charge in [0.1, 0.15) is 0 Å². The second-order valence-electron chi connectivity index (χ2n) is 7.50. The first kappa shape index (κ1) is 17.3. The normalized spacial score (nSPS) is 17.6. The Morgan fingerprint density at radius 2 is 1.92 bits per heavy atom. The van der Waals surface area contributed by atoms with Crippen molar-refractivity contribution in [1.82, 2.24) is 15.1 Å². The molecule has 0 spiro atoms. The van der Waals surface area contributed by atoms with E-state index in [1.165, 1.54) is 24.8 Å². The van der Waals surface area contributed by atoms with Crippen LogP contribution in [0.5, 0.6) is 0 Å². The highest BCUT2D eigenvalue weighted by atomic mass is 16.3. The molecule has 1 saturated heterocycles. The SMILES string of the molecule is OC(CCN1CCC(Cc2ccccc2)CC1)c1ccc2[nH]ncc2c1. The Kier molecular flexibility index (Phi) is 5.32. The first-order chi connectivity index (χ1) is 12.8. The van der Waals surface area contributed by atoms with Crippen LogP contribution in [0.1, 0.15) is 36.5 Å². The number of H-pyrrole nitrogens is 1. The van der Waals surface area contributed by atoms with Gasteiger partial charge in [0.15, 0.2) is 0 Å². The highest BCUT2D eigenvalue weighted by Gasteiger charge is 2.20. The van der Waals surface area contributed by atoms with Crippen molar-refractivity contribution in [3.05, 3.63) is 65.9 Å². The molecule has 1 fully saturated rings. The van der Waals surface area contributed by atoms with Gasteiger partial charge < -0.3 is 10.0 Å². The van der Waals surface area contributed by atoms with Gasteiger partial charge in [-0.25, -0.2) is 0 Å². The van der Waals surface area contributed by atoms with Gasteiger partial charge in [-0.3, -0.25) is 5.10 Å². The number of fused-ring (bicyclic) bond motifs is 1. The summed E-state index contributed by atoms with van der Waals surface area (Å²) in [6.45, 7) is 3.25. The van der Waals surface area contributed by atoms with Crippen LogP contribution >= 0.6 is 0 Å². The van der Waals surface area contributed by atoms with Crippen LogP contribution in [0.3, 0.4) is 0 Å². The van der Waals surface area contributed by atoms with Crippen LogP contribution in [0, 0.1) is 5.92 Å². The van der Waals surface area contributed by atoms with E-state index in [1.54, 1.807) is 0 Å². The molecule has 0 aliphatic carbocycles. The van der Waals surface area contributed by atoms with Gasteiger partial charge in [-0.05, 0) is 68.0 Å². The summed E-state index contributed by atoms with van der Waals surface area (Å²) in [5.74, 6) is 0.794. The zero-order valence-electron chi connectivity index (χ0n) is 15.1. The zero-order valence-corrected chi connectivity index (χ0v) is 15.1. The van der Waals surface area contributed by atoms with Crippen LogP contribution in [-0.2, 0) is 6.42 Å². The van der Waals surface area contributed by atoms with E-state index in [9.17, 15) is 5.11 Å². The summed E-state index contributed by atoms with van der Waals surface area (Å²) in [7, 11) is 0. The van der Waals surface area contributed by atoms with Crippen molar-refractivity contribution in [2.45, 2.75) is 31.8 Å². The largest absolute Gasteiger partial charge is 0.388 e. The number of benzene rings is 2. The Hall–Kier alpha value is -2.17. The van der Waals surface area contributed by atoms with Crippen molar-refractivity contribution in [2.75, 3.05) is 19.6 Å². The number of rotatable bonds is 6. The quantitative estimate of drug-likeness (QED) is 0.709. The van der Waals surface area contributed by atoms with Gasteiger partial charge >= 0.3 is 0 Å². The highest BCUT2D eigenvalue weighted by Crippen LogP contribution is 2.24. The standard InChI is InChI=1S/C22H27N3O/c26-22(19-6-7-21-20(15-19)16-23-24-21)10-13-25-11-8-18(9-12-25)14-17-4-2-1-3-5-17/h1-7,15-16,18,22,26H,8-14H2,(H,23,24). The van der Waals surface area contributed by atoms with Crippen molar-refractivity contribution in [3.8, 4) is 0 Å². The molecule has 4 heteroatoms. The van der Waals surface area contributed by atoms with Gasteiger partial charge in [0.2, 0.25) is 0 Å². The second kappa shape index (κ2) is 8.02. The van der Waals surface area contributed by atoms with E-state index in [4.69, 9.17) is 0 Å². The lowest BCUT2D eigenvalue weighted by Crippen LogP contribution is -2.35. The molecule has 2 aromatic carbocycles. The molecule has 2 N–H and O–H groups in total. The van der Waals surface area contributed by atoms with E-state index in [0.717, 1.165) is 48.4 Å². The van der Waals surface area contributed by atoms with Crippen molar-refractivity contribution < 1.29 is 5.11 Å². The Labute approximate surface area is 154 Å². The van der Waals surface area contributed by atoms with Gasteiger partial charge in [-0.2, -0.15) is 5.10 Å². The van der Waals surface area contributed by atoms with Crippen molar-refractivity contribution in [2.24, 2.45) is 5.92 Å². The average molecular weight is 349 g/mol. The fraction of sp³-hybridized carbons (Fsp3) is 0.409. The predicted octanol–water partition coefficient (Wildman–Crippen LogP) is 3.94. The van der Waals surface area contributed by atoms with Crippen LogP contribution in [0.15, 0.2) is 54.7 Å². The molecular formula is C22H27N3O. The van der Waals surface area contributed by atoms with Gasteiger partial charge in [-0.1, -0.05) is 36.4 Å². The first-order valence-electron chi connectivity index (χ1n) is 9.65. The monoisotopic (exact) mass is 349 g/mol. The second-order valence-corrected chi connectivity index (χ2v) is 7.50.